The van der Waals surface area contributed by atoms with Crippen LogP contribution >= 0.6 is 0 Å². The van der Waals surface area contributed by atoms with Gasteiger partial charge < -0.3 is 20.5 Å². The lowest BCUT2D eigenvalue weighted by Crippen LogP contribution is -2.40. The van der Waals surface area contributed by atoms with Gasteiger partial charge in [-0.05, 0) is 44.4 Å². The highest BCUT2D eigenvalue weighted by Crippen LogP contribution is 2.25. The van der Waals surface area contributed by atoms with Gasteiger partial charge in [-0.2, -0.15) is 0 Å². The number of aryl methyl sites for hydroxylation is 2. The minimum absolute atomic E-state index is 0.0940. The Labute approximate surface area is 114 Å². The van der Waals surface area contributed by atoms with Gasteiger partial charge in [0.2, 0.25) is 0 Å². The Kier molecular flexibility index (Phi) is 5.63. The quantitative estimate of drug-likeness (QED) is 0.709. The number of benzene rings is 1. The van der Waals surface area contributed by atoms with Crippen molar-refractivity contribution in [3.05, 3.63) is 28.8 Å². The summed E-state index contributed by atoms with van der Waals surface area (Å²) in [5.74, 6) is 0.802. The van der Waals surface area contributed by atoms with Crippen LogP contribution < -0.4 is 15.4 Å². The second-order valence-corrected chi connectivity index (χ2v) is 4.68. The smallest absolute Gasteiger partial charge is 0.317 e. The standard InChI is InChI=1S/C14H22N2O3/c1-9-5-6-10(2)13(12(9)4)19-8-16-14(18)15-7-11(3)17/h5-6,11,17H,7-8H2,1-4H3,(H2,15,16,18). The number of urea groups is 1. The monoisotopic (exact) mass is 266 g/mol. The Morgan fingerprint density at radius 2 is 1.89 bits per heavy atom. The van der Waals surface area contributed by atoms with Crippen molar-refractivity contribution < 1.29 is 14.6 Å². The van der Waals surface area contributed by atoms with Gasteiger partial charge >= 0.3 is 6.03 Å². The Morgan fingerprint density at radius 1 is 1.26 bits per heavy atom. The Balaban J connectivity index is 2.45. The molecular weight excluding hydrogens is 244 g/mol. The predicted octanol–water partition coefficient (Wildman–Crippen LogP) is 1.63. The summed E-state index contributed by atoms with van der Waals surface area (Å²) in [5.41, 5.74) is 3.26. The van der Waals surface area contributed by atoms with Crippen molar-refractivity contribution in [3.8, 4) is 5.75 Å². The molecule has 1 aromatic rings. The first-order valence-electron chi connectivity index (χ1n) is 6.31. The molecule has 0 bridgehead atoms. The lowest BCUT2D eigenvalue weighted by atomic mass is 10.1. The number of hydrogen-bond donors (Lipinski definition) is 3. The highest BCUT2D eigenvalue weighted by Gasteiger charge is 2.07. The van der Waals surface area contributed by atoms with E-state index in [0.29, 0.717) is 0 Å². The number of aliphatic hydroxyl groups is 1. The van der Waals surface area contributed by atoms with E-state index in [1.54, 1.807) is 6.92 Å². The zero-order valence-electron chi connectivity index (χ0n) is 11.9. The number of nitrogens with one attached hydrogen (secondary N) is 2. The van der Waals surface area contributed by atoms with Crippen LogP contribution in [0.4, 0.5) is 4.79 Å². The van der Waals surface area contributed by atoms with Crippen molar-refractivity contribution in [1.82, 2.24) is 10.6 Å². The second-order valence-electron chi connectivity index (χ2n) is 4.68. The molecule has 1 aromatic carbocycles. The van der Waals surface area contributed by atoms with E-state index in [2.05, 4.69) is 10.6 Å². The summed E-state index contributed by atoms with van der Waals surface area (Å²) in [4.78, 5) is 11.4. The number of hydrogen-bond acceptors (Lipinski definition) is 3. The van der Waals surface area contributed by atoms with Gasteiger partial charge in [0.15, 0.2) is 6.73 Å². The molecule has 0 aromatic heterocycles. The van der Waals surface area contributed by atoms with E-state index in [1.807, 2.05) is 32.9 Å². The highest BCUT2D eigenvalue weighted by molar-refractivity contribution is 5.73. The first kappa shape index (κ1) is 15.3. The molecule has 0 aliphatic heterocycles. The van der Waals surface area contributed by atoms with E-state index < -0.39 is 6.10 Å². The molecule has 0 radical (unpaired) electrons. The van der Waals surface area contributed by atoms with Crippen molar-refractivity contribution in [2.75, 3.05) is 13.3 Å². The fourth-order valence-electron chi connectivity index (χ4n) is 1.62. The van der Waals surface area contributed by atoms with E-state index >= 15 is 0 Å². The fraction of sp³-hybridized carbons (Fsp3) is 0.500. The predicted molar refractivity (Wildman–Crippen MR) is 74.4 cm³/mol. The van der Waals surface area contributed by atoms with Crippen LogP contribution in [0.3, 0.4) is 0 Å². The van der Waals surface area contributed by atoms with Crippen molar-refractivity contribution >= 4 is 6.03 Å². The topological polar surface area (TPSA) is 70.6 Å². The van der Waals surface area contributed by atoms with Gasteiger partial charge in [0, 0.05) is 6.54 Å². The molecule has 106 valence electrons. The minimum atomic E-state index is -0.562. The van der Waals surface area contributed by atoms with Gasteiger partial charge in [0.25, 0.3) is 0 Å². The molecule has 19 heavy (non-hydrogen) atoms. The maximum atomic E-state index is 11.4. The minimum Gasteiger partial charge on any atom is -0.473 e. The third kappa shape index (κ3) is 4.79. The molecule has 1 unspecified atom stereocenters. The molecule has 0 heterocycles. The van der Waals surface area contributed by atoms with Crippen molar-refractivity contribution in [2.24, 2.45) is 0 Å². The first-order chi connectivity index (χ1) is 8.91. The van der Waals surface area contributed by atoms with E-state index in [4.69, 9.17) is 9.84 Å². The molecular formula is C14H22N2O3. The summed E-state index contributed by atoms with van der Waals surface area (Å²) >= 11 is 0. The van der Waals surface area contributed by atoms with Gasteiger partial charge in [-0.3, -0.25) is 0 Å². The van der Waals surface area contributed by atoms with Crippen molar-refractivity contribution in [3.63, 3.8) is 0 Å². The zero-order valence-corrected chi connectivity index (χ0v) is 11.9. The number of amides is 2. The number of ether oxygens (including phenoxy) is 1. The Hall–Kier alpha value is -1.75. The summed E-state index contributed by atoms with van der Waals surface area (Å²) in [6.07, 6.45) is -0.562. The summed E-state index contributed by atoms with van der Waals surface area (Å²) in [7, 11) is 0. The number of rotatable bonds is 5. The maximum Gasteiger partial charge on any atom is 0.317 e. The first-order valence-corrected chi connectivity index (χ1v) is 6.31. The second kappa shape index (κ2) is 6.99. The Bertz CT molecular complexity index is 445. The normalized spacial score (nSPS) is 11.8. The van der Waals surface area contributed by atoms with Crippen LogP contribution in [0.15, 0.2) is 12.1 Å². The molecule has 0 fully saturated rings. The molecule has 2 amide bonds. The van der Waals surface area contributed by atoms with Crippen LogP contribution in [-0.2, 0) is 0 Å². The molecule has 0 spiro atoms. The highest BCUT2D eigenvalue weighted by atomic mass is 16.5. The number of aliphatic hydroxyl groups excluding tert-OH is 1. The molecule has 3 N–H and O–H groups in total. The molecule has 1 rings (SSSR count). The van der Waals surface area contributed by atoms with Gasteiger partial charge in [-0.25, -0.2) is 4.79 Å². The van der Waals surface area contributed by atoms with E-state index in [-0.39, 0.29) is 19.3 Å². The average molecular weight is 266 g/mol. The molecule has 0 saturated heterocycles. The van der Waals surface area contributed by atoms with Gasteiger partial charge in [0.1, 0.15) is 5.75 Å². The van der Waals surface area contributed by atoms with Crippen LogP contribution in [0.25, 0.3) is 0 Å². The molecule has 0 saturated carbocycles. The van der Waals surface area contributed by atoms with Gasteiger partial charge in [-0.1, -0.05) is 12.1 Å². The van der Waals surface area contributed by atoms with E-state index in [0.717, 1.165) is 22.4 Å². The number of carbonyl (C=O) groups excluding carboxylic acids is 1. The Morgan fingerprint density at radius 3 is 2.53 bits per heavy atom. The molecule has 5 nitrogen and oxygen atoms in total. The van der Waals surface area contributed by atoms with Crippen LogP contribution in [0.5, 0.6) is 5.75 Å². The lowest BCUT2D eigenvalue weighted by Gasteiger charge is -2.15. The average Bonchev–Trinajstić information content (AvgIpc) is 2.35. The largest absolute Gasteiger partial charge is 0.473 e. The van der Waals surface area contributed by atoms with E-state index in [9.17, 15) is 4.79 Å². The number of carbonyl (C=O) groups is 1. The molecule has 1 atom stereocenters. The zero-order chi connectivity index (χ0) is 14.4. The van der Waals surface area contributed by atoms with Crippen LogP contribution in [0, 0.1) is 20.8 Å². The molecule has 0 aliphatic rings. The van der Waals surface area contributed by atoms with Crippen LogP contribution in [-0.4, -0.2) is 30.5 Å². The molecule has 0 aliphatic carbocycles. The van der Waals surface area contributed by atoms with Crippen LogP contribution in [0.2, 0.25) is 0 Å². The fourth-order valence-corrected chi connectivity index (χ4v) is 1.62. The third-order valence-corrected chi connectivity index (χ3v) is 2.88. The summed E-state index contributed by atoms with van der Waals surface area (Å²) < 4.78 is 5.59. The lowest BCUT2D eigenvalue weighted by molar-refractivity contribution is 0.184. The van der Waals surface area contributed by atoms with Crippen LogP contribution in [0.1, 0.15) is 23.6 Å². The molecule has 5 heteroatoms. The van der Waals surface area contributed by atoms with Crippen molar-refractivity contribution in [1.29, 1.82) is 0 Å². The summed E-state index contributed by atoms with van der Waals surface area (Å²) in [6, 6.07) is 3.68. The maximum absolute atomic E-state index is 11.4. The van der Waals surface area contributed by atoms with Gasteiger partial charge in [-0.15, -0.1) is 0 Å². The van der Waals surface area contributed by atoms with Crippen molar-refractivity contribution in [2.45, 2.75) is 33.8 Å². The summed E-state index contributed by atoms with van der Waals surface area (Å²) in [5, 5.41) is 14.1. The third-order valence-electron chi connectivity index (χ3n) is 2.88. The summed E-state index contributed by atoms with van der Waals surface area (Å²) in [6.45, 7) is 7.90. The van der Waals surface area contributed by atoms with E-state index in [1.165, 1.54) is 0 Å². The van der Waals surface area contributed by atoms with Gasteiger partial charge in [0.05, 0.1) is 6.10 Å². The SMILES string of the molecule is Cc1ccc(C)c(OCNC(=O)NCC(C)O)c1C.